The number of aliphatic hydroxyl groups is 2. The molecule has 9 nitrogen and oxygen atoms in total. The number of rotatable bonds is 13. The number of sulfone groups is 1. The minimum Gasteiger partial charge on any atom is -0.465 e. The molecule has 0 aliphatic carbocycles. The largest absolute Gasteiger partial charge is 0.465 e. The van der Waals surface area contributed by atoms with Crippen molar-refractivity contribution < 1.29 is 42.4 Å². The van der Waals surface area contributed by atoms with Crippen LogP contribution in [0.15, 0.2) is 47.4 Å². The van der Waals surface area contributed by atoms with E-state index in [0.29, 0.717) is 19.4 Å². The molecule has 0 spiro atoms. The summed E-state index contributed by atoms with van der Waals surface area (Å²) in [5.41, 5.74) is 0.386. The Kier molecular flexibility index (Phi) is 12.0. The first kappa shape index (κ1) is 33.7. The van der Waals surface area contributed by atoms with Gasteiger partial charge < -0.3 is 29.2 Å². The van der Waals surface area contributed by atoms with Crippen LogP contribution in [0.3, 0.4) is 0 Å². The Morgan fingerprint density at radius 3 is 2.46 bits per heavy atom. The van der Waals surface area contributed by atoms with Gasteiger partial charge in [-0.2, -0.15) is 0 Å². The van der Waals surface area contributed by atoms with E-state index < -0.39 is 52.2 Å². The topological polar surface area (TPSA) is 129 Å². The number of aliphatic hydroxyl groups excluding tert-OH is 2. The van der Waals surface area contributed by atoms with Crippen LogP contribution in [0.2, 0.25) is 0 Å². The molecule has 2 aliphatic heterocycles. The molecule has 1 aromatic carbocycles. The van der Waals surface area contributed by atoms with Crippen molar-refractivity contribution in [3.05, 3.63) is 42.5 Å². The number of hydrogen-bond acceptors (Lipinski definition) is 9. The van der Waals surface area contributed by atoms with Gasteiger partial charge in [-0.05, 0) is 63.7 Å². The second kappa shape index (κ2) is 14.6. The summed E-state index contributed by atoms with van der Waals surface area (Å²) in [6.45, 7) is 11.8. The Bertz CT molecular complexity index is 1100. The molecule has 0 aromatic heterocycles. The Morgan fingerprint density at radius 2 is 1.85 bits per heavy atom. The van der Waals surface area contributed by atoms with E-state index in [9.17, 15) is 23.4 Å². The number of methoxy groups -OCH3 is 1. The number of carbonyl (C=O) groups is 1. The minimum absolute atomic E-state index is 0.0630. The highest BCUT2D eigenvalue weighted by Gasteiger charge is 2.48. The van der Waals surface area contributed by atoms with Gasteiger partial charge in [-0.3, -0.25) is 4.79 Å². The van der Waals surface area contributed by atoms with Crippen LogP contribution in [0.1, 0.15) is 59.8 Å². The molecule has 10 heteroatoms. The predicted octanol–water partition coefficient (Wildman–Crippen LogP) is 3.71. The third-order valence-corrected chi connectivity index (χ3v) is 9.91. The quantitative estimate of drug-likeness (QED) is 0.199. The number of hydrogen-bond donors (Lipinski definition) is 2. The molecule has 0 bridgehead atoms. The monoisotopic (exact) mass is 596 g/mol. The van der Waals surface area contributed by atoms with Gasteiger partial charge in [0, 0.05) is 25.9 Å². The molecule has 2 N–H and O–H groups in total. The van der Waals surface area contributed by atoms with Crippen molar-refractivity contribution in [2.75, 3.05) is 26.1 Å². The van der Waals surface area contributed by atoms with Gasteiger partial charge in [0.1, 0.15) is 0 Å². The fraction of sp³-hybridized carbons (Fsp3) is 0.710. The normalized spacial score (nSPS) is 29.8. The molecule has 2 heterocycles. The minimum atomic E-state index is -3.66. The summed E-state index contributed by atoms with van der Waals surface area (Å²) in [7, 11) is -2.15. The average Bonchev–Trinajstić information content (AvgIpc) is 3.23. The summed E-state index contributed by atoms with van der Waals surface area (Å²) in [6.07, 6.45) is -0.461. The van der Waals surface area contributed by atoms with Crippen molar-refractivity contribution in [3.63, 3.8) is 0 Å². The second-order valence-corrected chi connectivity index (χ2v) is 14.5. The summed E-state index contributed by atoms with van der Waals surface area (Å²) < 4.78 is 50.9. The van der Waals surface area contributed by atoms with Gasteiger partial charge in [-0.1, -0.05) is 31.7 Å². The third kappa shape index (κ3) is 9.08. The first-order chi connectivity index (χ1) is 19.3. The molecule has 1 aromatic rings. The van der Waals surface area contributed by atoms with Crippen molar-refractivity contribution >= 4 is 15.8 Å². The molecule has 3 rings (SSSR count). The summed E-state index contributed by atoms with van der Waals surface area (Å²) in [4.78, 5) is 12.3. The lowest BCUT2D eigenvalue weighted by atomic mass is 9.83. The van der Waals surface area contributed by atoms with Crippen molar-refractivity contribution in [1.82, 2.24) is 0 Å². The molecule has 0 saturated carbocycles. The van der Waals surface area contributed by atoms with Crippen LogP contribution in [0.5, 0.6) is 0 Å². The molecular formula is C31H48O9S. The molecule has 2 aliphatic rings. The Morgan fingerprint density at radius 1 is 1.17 bits per heavy atom. The highest BCUT2D eigenvalue weighted by Crippen LogP contribution is 2.40. The van der Waals surface area contributed by atoms with E-state index in [0.717, 1.165) is 18.4 Å². The van der Waals surface area contributed by atoms with Gasteiger partial charge in [0.05, 0.1) is 65.9 Å². The number of carbonyl (C=O) groups excluding carboxylic acids is 1. The maximum atomic E-state index is 13.4. The van der Waals surface area contributed by atoms with Crippen LogP contribution in [0, 0.1) is 17.3 Å². The summed E-state index contributed by atoms with van der Waals surface area (Å²) in [5.74, 6) is -0.757. The molecule has 0 amide bonds. The lowest BCUT2D eigenvalue weighted by molar-refractivity contribution is -0.153. The van der Waals surface area contributed by atoms with E-state index in [1.54, 1.807) is 30.3 Å². The molecule has 0 radical (unpaired) electrons. The van der Waals surface area contributed by atoms with Crippen molar-refractivity contribution in [2.24, 2.45) is 17.3 Å². The summed E-state index contributed by atoms with van der Waals surface area (Å²) in [6, 6.07) is 8.30. The lowest BCUT2D eigenvalue weighted by Gasteiger charge is -2.38. The van der Waals surface area contributed by atoms with Crippen molar-refractivity contribution in [3.8, 4) is 0 Å². The van der Waals surface area contributed by atoms with E-state index in [1.807, 2.05) is 20.8 Å². The van der Waals surface area contributed by atoms with Crippen LogP contribution in [-0.2, 0) is 33.6 Å². The highest BCUT2D eigenvalue weighted by molar-refractivity contribution is 7.91. The van der Waals surface area contributed by atoms with E-state index in [-0.39, 0.29) is 41.2 Å². The van der Waals surface area contributed by atoms with E-state index in [2.05, 4.69) is 13.5 Å². The highest BCUT2D eigenvalue weighted by atomic mass is 32.2. The Balaban J connectivity index is 1.74. The van der Waals surface area contributed by atoms with Crippen LogP contribution in [0.25, 0.3) is 0 Å². The van der Waals surface area contributed by atoms with E-state index >= 15 is 0 Å². The Hall–Kier alpha value is -1.82. The molecule has 8 atom stereocenters. The fourth-order valence-corrected chi connectivity index (χ4v) is 7.37. The van der Waals surface area contributed by atoms with E-state index in [4.69, 9.17) is 18.9 Å². The van der Waals surface area contributed by atoms with Crippen molar-refractivity contribution in [2.45, 2.75) is 101 Å². The molecule has 1 unspecified atom stereocenters. The van der Waals surface area contributed by atoms with Crippen molar-refractivity contribution in [1.29, 1.82) is 0 Å². The zero-order valence-electron chi connectivity index (χ0n) is 25.0. The van der Waals surface area contributed by atoms with Crippen LogP contribution in [-0.4, -0.2) is 87.3 Å². The number of ether oxygens (including phenoxy) is 4. The van der Waals surface area contributed by atoms with Gasteiger partial charge in [-0.15, -0.1) is 0 Å². The molecule has 232 valence electrons. The molecule has 2 saturated heterocycles. The smallest absolute Gasteiger partial charge is 0.311 e. The van der Waals surface area contributed by atoms with Gasteiger partial charge in [-0.25, -0.2) is 8.42 Å². The fourth-order valence-electron chi connectivity index (χ4n) is 5.69. The number of esters is 1. The van der Waals surface area contributed by atoms with E-state index in [1.165, 1.54) is 7.11 Å². The standard InChI is InChI=1S/C31H48O9S/c1-20-15-23(11-10-14-38-30(34)31(3,4)5)39-26(21(20)2)17-27-25(19-41(35,36)24-12-8-7-9-13-24)29(37-6)28(40-27)16-22(33)18-32/h7-9,12-13,20,22-23,25-29,32-33H,2,10-11,14-19H2,1,3-6H3/t20-,22?,23+,25+,26-,27+,28-,29-/m1/s1. The Labute approximate surface area is 245 Å². The van der Waals surface area contributed by atoms with Crippen LogP contribution < -0.4 is 0 Å². The van der Waals surface area contributed by atoms with Crippen LogP contribution in [0.4, 0.5) is 0 Å². The average molecular weight is 597 g/mol. The second-order valence-electron chi connectivity index (χ2n) is 12.5. The molecule has 41 heavy (non-hydrogen) atoms. The first-order valence-corrected chi connectivity index (χ1v) is 16.2. The molecule has 2 fully saturated rings. The zero-order valence-corrected chi connectivity index (χ0v) is 25.8. The van der Waals surface area contributed by atoms with Crippen LogP contribution >= 0.6 is 0 Å². The maximum absolute atomic E-state index is 13.4. The SMILES string of the molecule is C=C1[C@H](C)C[C@H](CCCOC(=O)C(C)(C)C)O[C@@H]1C[C@@H]1O[C@H](CC(O)CO)[C@H](OC)[C@H]1CS(=O)(=O)c1ccccc1. The third-order valence-electron chi connectivity index (χ3n) is 8.10. The maximum Gasteiger partial charge on any atom is 0.311 e. The van der Waals surface area contributed by atoms with Gasteiger partial charge in [0.15, 0.2) is 9.84 Å². The molecular weight excluding hydrogens is 548 g/mol. The lowest BCUT2D eigenvalue weighted by Crippen LogP contribution is -2.40. The van der Waals surface area contributed by atoms with Gasteiger partial charge in [0.2, 0.25) is 0 Å². The van der Waals surface area contributed by atoms with Gasteiger partial charge >= 0.3 is 5.97 Å². The summed E-state index contributed by atoms with van der Waals surface area (Å²) >= 11 is 0. The first-order valence-electron chi connectivity index (χ1n) is 14.5. The zero-order chi connectivity index (χ0) is 30.4. The predicted molar refractivity (Wildman–Crippen MR) is 155 cm³/mol. The number of benzene rings is 1. The summed E-state index contributed by atoms with van der Waals surface area (Å²) in [5, 5.41) is 19.6. The van der Waals surface area contributed by atoms with Gasteiger partial charge in [0.25, 0.3) is 0 Å².